The number of thiol groups is 1. The molecular formula is C13H15N3O2S. The van der Waals surface area contributed by atoms with Crippen molar-refractivity contribution in [3.63, 3.8) is 0 Å². The lowest BCUT2D eigenvalue weighted by Gasteiger charge is -2.32. The van der Waals surface area contributed by atoms with Crippen LogP contribution in [0, 0.1) is 0 Å². The van der Waals surface area contributed by atoms with E-state index in [1.807, 2.05) is 6.07 Å². The molecule has 0 saturated heterocycles. The Bertz CT molecular complexity index is 516. The Hall–Kier alpha value is -1.95. The molecule has 0 spiro atoms. The van der Waals surface area contributed by atoms with Gasteiger partial charge in [-0.15, -0.1) is 12.6 Å². The summed E-state index contributed by atoms with van der Waals surface area (Å²) in [6, 6.07) is 8.85. The van der Waals surface area contributed by atoms with Gasteiger partial charge >= 0.3 is 0 Å². The Morgan fingerprint density at radius 3 is 2.74 bits per heavy atom. The van der Waals surface area contributed by atoms with Crippen LogP contribution < -0.4 is 10.6 Å². The highest BCUT2D eigenvalue weighted by Crippen LogP contribution is 2.10. The van der Waals surface area contributed by atoms with Gasteiger partial charge in [0.25, 0.3) is 11.8 Å². The maximum atomic E-state index is 11.9. The Balaban J connectivity index is 1.96. The predicted molar refractivity (Wildman–Crippen MR) is 75.3 cm³/mol. The zero-order chi connectivity index (χ0) is 13.8. The molecule has 0 aliphatic carbocycles. The molecule has 0 fully saturated rings. The second-order valence-corrected chi connectivity index (χ2v) is 4.67. The van der Waals surface area contributed by atoms with Crippen molar-refractivity contribution in [3.05, 3.63) is 47.7 Å². The van der Waals surface area contributed by atoms with E-state index >= 15 is 0 Å². The topological polar surface area (TPSA) is 61.4 Å². The molecule has 0 unspecified atom stereocenters. The fourth-order valence-electron chi connectivity index (χ4n) is 1.72. The highest BCUT2D eigenvalue weighted by Gasteiger charge is 2.23. The number of hydrogen-bond acceptors (Lipinski definition) is 4. The van der Waals surface area contributed by atoms with Gasteiger partial charge in [-0.05, 0) is 19.1 Å². The molecule has 1 aliphatic heterocycles. The van der Waals surface area contributed by atoms with E-state index in [1.165, 1.54) is 11.0 Å². The number of allylic oxidation sites excluding steroid dienone is 1. The molecule has 6 heteroatoms. The third kappa shape index (κ3) is 3.29. The summed E-state index contributed by atoms with van der Waals surface area (Å²) in [5.74, 6) is -0.398. The lowest BCUT2D eigenvalue weighted by molar-refractivity contribution is -0.128. The number of carbonyl (C=O) groups is 2. The van der Waals surface area contributed by atoms with Gasteiger partial charge in [0, 0.05) is 17.3 Å². The number of hydrogen-bond donors (Lipinski definition) is 3. The summed E-state index contributed by atoms with van der Waals surface area (Å²) in [6.45, 7) is 1.90. The van der Waals surface area contributed by atoms with Gasteiger partial charge in [-0.2, -0.15) is 0 Å². The Kier molecular flexibility index (Phi) is 4.11. The minimum absolute atomic E-state index is 0.109. The molecule has 2 N–H and O–H groups in total. The number of nitrogens with one attached hydrogen (secondary N) is 2. The van der Waals surface area contributed by atoms with E-state index < -0.39 is 5.50 Å². The van der Waals surface area contributed by atoms with Gasteiger partial charge in [-0.3, -0.25) is 14.5 Å². The van der Waals surface area contributed by atoms with Gasteiger partial charge in [0.15, 0.2) is 0 Å². The first kappa shape index (κ1) is 13.5. The molecule has 1 aromatic carbocycles. The molecule has 2 amide bonds. The van der Waals surface area contributed by atoms with Crippen LogP contribution in [-0.2, 0) is 4.79 Å². The number of amides is 2. The van der Waals surface area contributed by atoms with Crippen molar-refractivity contribution in [1.29, 1.82) is 0 Å². The predicted octanol–water partition coefficient (Wildman–Crippen LogP) is 0.923. The summed E-state index contributed by atoms with van der Waals surface area (Å²) in [6.07, 6.45) is 1.47. The van der Waals surface area contributed by atoms with Crippen LogP contribution in [0.15, 0.2) is 42.1 Å². The summed E-state index contributed by atoms with van der Waals surface area (Å²) in [4.78, 5) is 25.1. The SMILES string of the molecule is CC1=CC(=O)N(CNC(=O)c2ccccc2)[C@H](S)N1. The van der Waals surface area contributed by atoms with Crippen molar-refractivity contribution in [2.45, 2.75) is 12.4 Å². The van der Waals surface area contributed by atoms with Gasteiger partial charge in [0.1, 0.15) is 5.50 Å². The molecule has 0 radical (unpaired) electrons. The summed E-state index contributed by atoms with van der Waals surface area (Å²) in [7, 11) is 0. The molecule has 0 bridgehead atoms. The molecule has 100 valence electrons. The molecule has 1 atom stereocenters. The van der Waals surface area contributed by atoms with Gasteiger partial charge in [-0.25, -0.2) is 0 Å². The summed E-state index contributed by atoms with van der Waals surface area (Å²) >= 11 is 4.27. The standard InChI is InChI=1S/C13H15N3O2S/c1-9-7-11(17)16(13(19)15-9)8-14-12(18)10-5-3-2-4-6-10/h2-7,13,15,19H,8H2,1H3,(H,14,18)/t13-/m1/s1. The second kappa shape index (κ2) is 5.79. The van der Waals surface area contributed by atoms with Crippen LogP contribution in [-0.4, -0.2) is 28.9 Å². The maximum Gasteiger partial charge on any atom is 0.252 e. The van der Waals surface area contributed by atoms with Crippen LogP contribution in [0.3, 0.4) is 0 Å². The normalized spacial score (nSPS) is 18.6. The van der Waals surface area contributed by atoms with Gasteiger partial charge in [-0.1, -0.05) is 18.2 Å². The van der Waals surface area contributed by atoms with Crippen molar-refractivity contribution in [1.82, 2.24) is 15.5 Å². The second-order valence-electron chi connectivity index (χ2n) is 4.18. The van der Waals surface area contributed by atoms with Crippen LogP contribution in [0.5, 0.6) is 0 Å². The van der Waals surface area contributed by atoms with Gasteiger partial charge in [0.2, 0.25) is 0 Å². The van der Waals surface area contributed by atoms with Crippen molar-refractivity contribution in [2.75, 3.05) is 6.67 Å². The highest BCUT2D eigenvalue weighted by molar-refractivity contribution is 7.80. The van der Waals surface area contributed by atoms with E-state index in [2.05, 4.69) is 23.3 Å². The summed E-state index contributed by atoms with van der Waals surface area (Å²) in [5.41, 5.74) is 0.881. The first-order valence-corrected chi connectivity index (χ1v) is 6.36. The average molecular weight is 277 g/mol. The number of rotatable bonds is 3. The summed E-state index contributed by atoms with van der Waals surface area (Å²) in [5, 5.41) is 5.69. The first-order chi connectivity index (χ1) is 9.08. The van der Waals surface area contributed by atoms with E-state index in [-0.39, 0.29) is 18.5 Å². The Labute approximate surface area is 117 Å². The molecule has 2 rings (SSSR count). The quantitative estimate of drug-likeness (QED) is 0.720. The molecule has 1 heterocycles. The third-order valence-corrected chi connectivity index (χ3v) is 3.13. The lowest BCUT2D eigenvalue weighted by Crippen LogP contribution is -2.52. The minimum atomic E-state index is -0.437. The van der Waals surface area contributed by atoms with E-state index in [1.54, 1.807) is 31.2 Å². The van der Waals surface area contributed by atoms with Crippen molar-refractivity contribution >= 4 is 24.4 Å². The van der Waals surface area contributed by atoms with Crippen LogP contribution in [0.1, 0.15) is 17.3 Å². The van der Waals surface area contributed by atoms with Crippen molar-refractivity contribution in [3.8, 4) is 0 Å². The van der Waals surface area contributed by atoms with Crippen molar-refractivity contribution in [2.24, 2.45) is 0 Å². The zero-order valence-electron chi connectivity index (χ0n) is 10.5. The van der Waals surface area contributed by atoms with Crippen LogP contribution in [0.25, 0.3) is 0 Å². The lowest BCUT2D eigenvalue weighted by atomic mass is 10.2. The number of benzene rings is 1. The fourth-order valence-corrected chi connectivity index (χ4v) is 2.12. The zero-order valence-corrected chi connectivity index (χ0v) is 11.4. The Morgan fingerprint density at radius 1 is 1.42 bits per heavy atom. The van der Waals surface area contributed by atoms with Gasteiger partial charge in [0.05, 0.1) is 6.67 Å². The van der Waals surface area contributed by atoms with E-state index in [9.17, 15) is 9.59 Å². The third-order valence-electron chi connectivity index (χ3n) is 2.72. The van der Waals surface area contributed by atoms with E-state index in [4.69, 9.17) is 0 Å². The van der Waals surface area contributed by atoms with E-state index in [0.717, 1.165) is 5.70 Å². The molecule has 5 nitrogen and oxygen atoms in total. The highest BCUT2D eigenvalue weighted by atomic mass is 32.1. The van der Waals surface area contributed by atoms with Crippen LogP contribution in [0.2, 0.25) is 0 Å². The van der Waals surface area contributed by atoms with Crippen molar-refractivity contribution < 1.29 is 9.59 Å². The monoisotopic (exact) mass is 277 g/mol. The maximum absolute atomic E-state index is 11.9. The molecular weight excluding hydrogens is 262 g/mol. The van der Waals surface area contributed by atoms with Crippen LogP contribution in [0.4, 0.5) is 0 Å². The molecule has 1 aliphatic rings. The fraction of sp³-hybridized carbons (Fsp3) is 0.231. The smallest absolute Gasteiger partial charge is 0.252 e. The largest absolute Gasteiger partial charge is 0.360 e. The Morgan fingerprint density at radius 2 is 2.11 bits per heavy atom. The molecule has 19 heavy (non-hydrogen) atoms. The van der Waals surface area contributed by atoms with E-state index in [0.29, 0.717) is 5.56 Å². The summed E-state index contributed by atoms with van der Waals surface area (Å²) < 4.78 is 0. The van der Waals surface area contributed by atoms with Gasteiger partial charge < -0.3 is 10.6 Å². The van der Waals surface area contributed by atoms with Crippen LogP contribution >= 0.6 is 12.6 Å². The number of carbonyl (C=O) groups excluding carboxylic acids is 2. The minimum Gasteiger partial charge on any atom is -0.360 e. The molecule has 0 aromatic heterocycles. The molecule has 1 aromatic rings. The first-order valence-electron chi connectivity index (χ1n) is 5.84. The molecule has 0 saturated carbocycles. The average Bonchev–Trinajstić information content (AvgIpc) is 2.38. The number of nitrogens with zero attached hydrogens (tertiary/aromatic N) is 1.